The maximum absolute atomic E-state index is 12.7. The van der Waals surface area contributed by atoms with Gasteiger partial charge in [0, 0.05) is 19.3 Å². The Morgan fingerprint density at radius 1 is 0.351 bits per heavy atom. The molecule has 0 fully saturated rings. The summed E-state index contributed by atoms with van der Waals surface area (Å²) in [5.41, 5.74) is 0. The highest BCUT2D eigenvalue weighted by Gasteiger charge is 2.19. The van der Waals surface area contributed by atoms with Crippen molar-refractivity contribution in [3.05, 3.63) is 0 Å². The van der Waals surface area contributed by atoms with E-state index in [1.807, 2.05) is 0 Å². The van der Waals surface area contributed by atoms with Crippen LogP contribution in [0.5, 0.6) is 0 Å². The molecule has 0 N–H and O–H groups in total. The Morgan fingerprint density at radius 3 is 0.912 bits per heavy atom. The van der Waals surface area contributed by atoms with Crippen molar-refractivity contribution in [2.75, 3.05) is 13.2 Å². The molecular formula is C51H98O6. The van der Waals surface area contributed by atoms with Crippen molar-refractivity contribution < 1.29 is 28.6 Å². The molecule has 0 spiro atoms. The van der Waals surface area contributed by atoms with Crippen molar-refractivity contribution in [3.63, 3.8) is 0 Å². The molecule has 6 nitrogen and oxygen atoms in total. The lowest BCUT2D eigenvalue weighted by Crippen LogP contribution is -2.30. The number of hydrogen-bond acceptors (Lipinski definition) is 6. The molecule has 57 heavy (non-hydrogen) atoms. The molecule has 338 valence electrons. The van der Waals surface area contributed by atoms with E-state index in [0.717, 1.165) is 63.7 Å². The molecule has 0 bridgehead atoms. The Balaban J connectivity index is 4.19. The fourth-order valence-corrected chi connectivity index (χ4v) is 7.66. The summed E-state index contributed by atoms with van der Waals surface area (Å²) in [6.45, 7) is 9.01. The lowest BCUT2D eigenvalue weighted by molar-refractivity contribution is -0.167. The molecule has 2 atom stereocenters. The lowest BCUT2D eigenvalue weighted by Gasteiger charge is -2.18. The van der Waals surface area contributed by atoms with Crippen LogP contribution >= 0.6 is 0 Å². The van der Waals surface area contributed by atoms with Crippen molar-refractivity contribution >= 4 is 17.9 Å². The van der Waals surface area contributed by atoms with Crippen LogP contribution in [0.1, 0.15) is 285 Å². The van der Waals surface area contributed by atoms with Gasteiger partial charge in [-0.2, -0.15) is 0 Å². The quantitative estimate of drug-likeness (QED) is 0.0346. The van der Waals surface area contributed by atoms with Gasteiger partial charge in [-0.05, 0) is 25.2 Å². The molecule has 0 rings (SSSR count). The Bertz CT molecular complexity index is 859. The molecule has 0 aliphatic heterocycles. The Morgan fingerprint density at radius 2 is 0.614 bits per heavy atom. The predicted octanol–water partition coefficient (Wildman–Crippen LogP) is 16.3. The van der Waals surface area contributed by atoms with E-state index < -0.39 is 6.10 Å². The smallest absolute Gasteiger partial charge is 0.306 e. The highest BCUT2D eigenvalue weighted by molar-refractivity contribution is 5.71. The minimum Gasteiger partial charge on any atom is -0.462 e. The molecule has 0 aromatic heterocycles. The van der Waals surface area contributed by atoms with E-state index in [1.165, 1.54) is 180 Å². The Kier molecular flexibility index (Phi) is 44.2. The molecule has 0 aliphatic carbocycles. The number of carbonyl (C=O) groups is 3. The van der Waals surface area contributed by atoms with Crippen molar-refractivity contribution in [3.8, 4) is 0 Å². The summed E-state index contributed by atoms with van der Waals surface area (Å²) in [6, 6.07) is 0. The summed E-state index contributed by atoms with van der Waals surface area (Å²) >= 11 is 0. The molecule has 0 saturated heterocycles. The second-order valence-corrected chi connectivity index (χ2v) is 17.7. The largest absolute Gasteiger partial charge is 0.462 e. The molecule has 0 aromatic carbocycles. The first-order valence-electron chi connectivity index (χ1n) is 25.4. The van der Waals surface area contributed by atoms with E-state index in [2.05, 4.69) is 27.7 Å². The number of unbranched alkanes of at least 4 members (excludes halogenated alkanes) is 32. The van der Waals surface area contributed by atoms with Gasteiger partial charge in [-0.3, -0.25) is 14.4 Å². The highest BCUT2D eigenvalue weighted by Crippen LogP contribution is 2.17. The molecule has 0 amide bonds. The van der Waals surface area contributed by atoms with Gasteiger partial charge in [0.2, 0.25) is 0 Å². The van der Waals surface area contributed by atoms with Gasteiger partial charge in [0.25, 0.3) is 0 Å². The maximum Gasteiger partial charge on any atom is 0.306 e. The topological polar surface area (TPSA) is 78.9 Å². The summed E-state index contributed by atoms with van der Waals surface area (Å²) in [4.78, 5) is 37.7. The van der Waals surface area contributed by atoms with Gasteiger partial charge < -0.3 is 14.2 Å². The number of esters is 3. The Labute approximate surface area is 355 Å². The molecule has 0 aliphatic rings. The summed E-state index contributed by atoms with van der Waals surface area (Å²) in [5.74, 6) is 0.0137. The van der Waals surface area contributed by atoms with E-state index in [0.29, 0.717) is 19.3 Å². The van der Waals surface area contributed by atoms with Crippen LogP contribution in [-0.2, 0) is 28.6 Å². The predicted molar refractivity (Wildman–Crippen MR) is 243 cm³/mol. The van der Waals surface area contributed by atoms with Crippen molar-refractivity contribution in [2.24, 2.45) is 5.92 Å². The van der Waals surface area contributed by atoms with Gasteiger partial charge >= 0.3 is 17.9 Å². The van der Waals surface area contributed by atoms with Gasteiger partial charge in [0.1, 0.15) is 13.2 Å². The highest BCUT2D eigenvalue weighted by atomic mass is 16.6. The normalized spacial score (nSPS) is 12.4. The first-order valence-corrected chi connectivity index (χ1v) is 25.4. The van der Waals surface area contributed by atoms with Crippen LogP contribution in [0.3, 0.4) is 0 Å². The zero-order chi connectivity index (χ0) is 41.7. The molecule has 6 heteroatoms. The minimum absolute atomic E-state index is 0.0635. The van der Waals surface area contributed by atoms with Crippen LogP contribution in [-0.4, -0.2) is 37.2 Å². The molecule has 0 heterocycles. The zero-order valence-corrected chi connectivity index (χ0v) is 38.8. The molecular weight excluding hydrogens is 709 g/mol. The van der Waals surface area contributed by atoms with Crippen LogP contribution in [0.25, 0.3) is 0 Å². The fourth-order valence-electron chi connectivity index (χ4n) is 7.66. The standard InChI is InChI=1S/C51H98O6/c1-5-8-10-12-14-15-16-17-18-19-20-21-22-23-27-31-35-39-43-50(53)56-46-48(45-55-49(52)42-38-34-29-13-11-9-6-2)57-51(54)44-40-36-32-28-25-24-26-30-33-37-41-47(4)7-3/h47-48H,5-46H2,1-4H3/t47?,48-/m0/s1. The lowest BCUT2D eigenvalue weighted by atomic mass is 9.99. The van der Waals surface area contributed by atoms with Crippen LogP contribution in [0, 0.1) is 5.92 Å². The van der Waals surface area contributed by atoms with E-state index in [-0.39, 0.29) is 31.1 Å². The minimum atomic E-state index is -0.759. The summed E-state index contributed by atoms with van der Waals surface area (Å²) in [6.07, 6.45) is 46.7. The summed E-state index contributed by atoms with van der Waals surface area (Å²) < 4.78 is 16.7. The van der Waals surface area contributed by atoms with Gasteiger partial charge in [0.05, 0.1) is 0 Å². The number of hydrogen-bond donors (Lipinski definition) is 0. The van der Waals surface area contributed by atoms with Crippen LogP contribution < -0.4 is 0 Å². The second-order valence-electron chi connectivity index (χ2n) is 17.7. The monoisotopic (exact) mass is 807 g/mol. The van der Waals surface area contributed by atoms with Crippen molar-refractivity contribution in [2.45, 2.75) is 291 Å². The van der Waals surface area contributed by atoms with Crippen LogP contribution in [0.2, 0.25) is 0 Å². The van der Waals surface area contributed by atoms with E-state index in [4.69, 9.17) is 14.2 Å². The average molecular weight is 807 g/mol. The third kappa shape index (κ3) is 43.8. The second kappa shape index (κ2) is 45.5. The number of ether oxygens (including phenoxy) is 3. The maximum atomic E-state index is 12.7. The van der Waals surface area contributed by atoms with Crippen LogP contribution in [0.15, 0.2) is 0 Å². The van der Waals surface area contributed by atoms with E-state index >= 15 is 0 Å². The van der Waals surface area contributed by atoms with Gasteiger partial charge in [0.15, 0.2) is 6.10 Å². The van der Waals surface area contributed by atoms with E-state index in [9.17, 15) is 14.4 Å². The Hall–Kier alpha value is -1.59. The number of rotatable bonds is 46. The first-order chi connectivity index (χ1) is 27.9. The van der Waals surface area contributed by atoms with E-state index in [1.54, 1.807) is 0 Å². The van der Waals surface area contributed by atoms with Crippen molar-refractivity contribution in [1.82, 2.24) is 0 Å². The third-order valence-corrected chi connectivity index (χ3v) is 11.9. The van der Waals surface area contributed by atoms with Crippen LogP contribution in [0.4, 0.5) is 0 Å². The summed E-state index contributed by atoms with van der Waals surface area (Å²) in [7, 11) is 0. The molecule has 0 radical (unpaired) electrons. The third-order valence-electron chi connectivity index (χ3n) is 11.9. The zero-order valence-electron chi connectivity index (χ0n) is 38.8. The molecule has 0 aromatic rings. The fraction of sp³-hybridized carbons (Fsp3) is 0.941. The average Bonchev–Trinajstić information content (AvgIpc) is 3.21. The van der Waals surface area contributed by atoms with Crippen molar-refractivity contribution in [1.29, 1.82) is 0 Å². The first kappa shape index (κ1) is 55.4. The SMILES string of the molecule is CCCCCCCCCCCCCCCCCCCCC(=O)OC[C@H](COC(=O)CCCCCCCCC)OC(=O)CCCCCCCCCCCCC(C)CC. The van der Waals surface area contributed by atoms with Gasteiger partial charge in [-0.1, -0.05) is 246 Å². The van der Waals surface area contributed by atoms with Gasteiger partial charge in [-0.25, -0.2) is 0 Å². The number of carbonyl (C=O) groups excluding carboxylic acids is 3. The molecule has 0 saturated carbocycles. The molecule has 1 unspecified atom stereocenters. The van der Waals surface area contributed by atoms with Gasteiger partial charge in [-0.15, -0.1) is 0 Å². The summed E-state index contributed by atoms with van der Waals surface area (Å²) in [5, 5.41) is 0.